The molecule has 0 fully saturated rings. The third-order valence-electron chi connectivity index (χ3n) is 3.52. The Kier molecular flexibility index (Phi) is 6.36. The van der Waals surface area contributed by atoms with Crippen LogP contribution in [0, 0.1) is 5.82 Å². The number of aromatic nitrogens is 2. The summed E-state index contributed by atoms with van der Waals surface area (Å²) >= 11 is 1.33. The van der Waals surface area contributed by atoms with Crippen LogP contribution in [-0.2, 0) is 4.79 Å². The number of halogens is 1. The van der Waals surface area contributed by atoms with Gasteiger partial charge in [-0.15, -0.1) is 10.2 Å². The van der Waals surface area contributed by atoms with Crippen LogP contribution in [0.2, 0.25) is 0 Å². The Morgan fingerprint density at radius 2 is 2.00 bits per heavy atom. The van der Waals surface area contributed by atoms with Gasteiger partial charge in [0.2, 0.25) is 11.0 Å². The molecule has 2 aromatic rings. The van der Waals surface area contributed by atoms with E-state index < -0.39 is 17.6 Å². The van der Waals surface area contributed by atoms with Gasteiger partial charge in [0, 0.05) is 11.5 Å². The molecule has 0 unspecified atom stereocenters. The van der Waals surface area contributed by atoms with Crippen LogP contribution in [0.4, 0.5) is 9.52 Å². The maximum Gasteiger partial charge on any atom is 0.251 e. The second-order valence-electron chi connectivity index (χ2n) is 5.20. The Labute approximate surface area is 143 Å². The van der Waals surface area contributed by atoms with Gasteiger partial charge >= 0.3 is 0 Å². The molecule has 1 aromatic carbocycles. The number of rotatable bonds is 7. The second-order valence-corrected chi connectivity index (χ2v) is 6.21. The largest absolute Gasteiger partial charge is 0.343 e. The summed E-state index contributed by atoms with van der Waals surface area (Å²) in [5, 5.41) is 14.4. The molecule has 24 heavy (non-hydrogen) atoms. The monoisotopic (exact) mass is 350 g/mol. The van der Waals surface area contributed by atoms with Gasteiger partial charge in [-0.2, -0.15) is 0 Å². The van der Waals surface area contributed by atoms with E-state index in [-0.39, 0.29) is 12.1 Å². The van der Waals surface area contributed by atoms with E-state index >= 15 is 0 Å². The minimum Gasteiger partial charge on any atom is -0.343 e. The molecule has 8 heteroatoms. The minimum atomic E-state index is -0.514. The van der Waals surface area contributed by atoms with E-state index in [1.165, 1.54) is 29.5 Å². The summed E-state index contributed by atoms with van der Waals surface area (Å²) in [6, 6.07) is 5.27. The highest BCUT2D eigenvalue weighted by molar-refractivity contribution is 7.15. The average molecular weight is 350 g/mol. The van der Waals surface area contributed by atoms with Crippen LogP contribution >= 0.6 is 11.3 Å². The number of nitrogens with zero attached hydrogens (tertiary/aromatic N) is 2. The minimum absolute atomic E-state index is 0.162. The first kappa shape index (κ1) is 18.0. The highest BCUT2D eigenvalue weighted by Gasteiger charge is 2.15. The molecule has 0 spiro atoms. The maximum absolute atomic E-state index is 13.1. The lowest BCUT2D eigenvalue weighted by Crippen LogP contribution is -2.32. The smallest absolute Gasteiger partial charge is 0.251 e. The number of carbonyl (C=O) groups excluding carboxylic acids is 2. The number of hydrogen-bond donors (Lipinski definition) is 2. The van der Waals surface area contributed by atoms with Gasteiger partial charge in [-0.1, -0.05) is 31.3 Å². The van der Waals surface area contributed by atoms with Gasteiger partial charge in [-0.3, -0.25) is 14.9 Å². The number of nitrogens with one attached hydrogen (secondary N) is 2. The van der Waals surface area contributed by atoms with Crippen molar-refractivity contribution in [3.05, 3.63) is 40.7 Å². The van der Waals surface area contributed by atoms with Crippen molar-refractivity contribution < 1.29 is 14.0 Å². The van der Waals surface area contributed by atoms with Crippen LogP contribution in [-0.4, -0.2) is 28.6 Å². The molecule has 2 amide bonds. The highest BCUT2D eigenvalue weighted by Crippen LogP contribution is 2.27. The molecule has 0 radical (unpaired) electrons. The number of amides is 2. The molecule has 0 bridgehead atoms. The summed E-state index contributed by atoms with van der Waals surface area (Å²) in [5.41, 5.74) is 0.162. The summed E-state index contributed by atoms with van der Waals surface area (Å²) in [4.78, 5) is 23.7. The number of carbonyl (C=O) groups is 2. The second kappa shape index (κ2) is 8.49. The molecule has 0 atom stereocenters. The molecule has 0 saturated heterocycles. The van der Waals surface area contributed by atoms with Crippen LogP contribution in [0.15, 0.2) is 24.3 Å². The van der Waals surface area contributed by atoms with Crippen molar-refractivity contribution in [3.8, 4) is 0 Å². The summed E-state index contributed by atoms with van der Waals surface area (Å²) in [7, 11) is 0. The lowest BCUT2D eigenvalue weighted by atomic mass is 10.1. The van der Waals surface area contributed by atoms with Crippen molar-refractivity contribution in [3.63, 3.8) is 0 Å². The predicted octanol–water partition coefficient (Wildman–Crippen LogP) is 2.95. The van der Waals surface area contributed by atoms with E-state index in [2.05, 4.69) is 34.7 Å². The maximum atomic E-state index is 13.1. The fourth-order valence-corrected chi connectivity index (χ4v) is 3.17. The highest BCUT2D eigenvalue weighted by atomic mass is 32.1. The van der Waals surface area contributed by atoms with Crippen molar-refractivity contribution in [2.45, 2.75) is 32.6 Å². The van der Waals surface area contributed by atoms with Crippen LogP contribution < -0.4 is 10.6 Å². The lowest BCUT2D eigenvalue weighted by molar-refractivity contribution is -0.115. The molecule has 0 aliphatic rings. The van der Waals surface area contributed by atoms with Gasteiger partial charge < -0.3 is 5.32 Å². The average Bonchev–Trinajstić information content (AvgIpc) is 3.02. The molecule has 1 aromatic heterocycles. The van der Waals surface area contributed by atoms with E-state index in [1.54, 1.807) is 0 Å². The van der Waals surface area contributed by atoms with Crippen LogP contribution in [0.1, 0.15) is 48.0 Å². The van der Waals surface area contributed by atoms with Crippen molar-refractivity contribution in [1.82, 2.24) is 15.5 Å². The summed E-state index contributed by atoms with van der Waals surface area (Å²) in [6.07, 6.45) is 1.92. The predicted molar refractivity (Wildman–Crippen MR) is 90.6 cm³/mol. The fraction of sp³-hybridized carbons (Fsp3) is 0.375. The SMILES string of the molecule is CCC(CC)c1nnc(NC(=O)CNC(=O)c2cccc(F)c2)s1. The quantitative estimate of drug-likeness (QED) is 0.804. The Bertz CT molecular complexity index is 716. The van der Waals surface area contributed by atoms with Gasteiger partial charge in [-0.05, 0) is 31.0 Å². The molecule has 2 rings (SSSR count). The Hall–Kier alpha value is -2.35. The summed E-state index contributed by atoms with van der Waals surface area (Å²) in [5.74, 6) is -1.10. The molecule has 0 aliphatic heterocycles. The lowest BCUT2D eigenvalue weighted by Gasteiger charge is -2.06. The zero-order chi connectivity index (χ0) is 17.5. The van der Waals surface area contributed by atoms with Gasteiger partial charge in [0.05, 0.1) is 6.54 Å². The standard InChI is InChI=1S/C16H19FN4O2S/c1-3-10(4-2)15-20-21-16(24-15)19-13(22)9-18-14(23)11-6-5-7-12(17)8-11/h5-8,10H,3-4,9H2,1-2H3,(H,18,23)(H,19,21,22). The van der Waals surface area contributed by atoms with E-state index in [4.69, 9.17) is 0 Å². The number of hydrogen-bond acceptors (Lipinski definition) is 5. The summed E-state index contributed by atoms with van der Waals surface area (Å²) in [6.45, 7) is 3.93. The van der Waals surface area contributed by atoms with Crippen molar-refractivity contribution >= 4 is 28.3 Å². The normalized spacial score (nSPS) is 10.7. The molecular weight excluding hydrogens is 331 g/mol. The first-order chi connectivity index (χ1) is 11.5. The Balaban J connectivity index is 1.86. The Morgan fingerprint density at radius 1 is 1.25 bits per heavy atom. The summed E-state index contributed by atoms with van der Waals surface area (Å²) < 4.78 is 13.1. The first-order valence-electron chi connectivity index (χ1n) is 7.70. The van der Waals surface area contributed by atoms with Crippen molar-refractivity contribution in [2.75, 3.05) is 11.9 Å². The van der Waals surface area contributed by atoms with Gasteiger partial charge in [0.25, 0.3) is 5.91 Å². The van der Waals surface area contributed by atoms with Crippen LogP contribution in [0.5, 0.6) is 0 Å². The van der Waals surface area contributed by atoms with Gasteiger partial charge in [0.1, 0.15) is 10.8 Å². The molecule has 0 aliphatic carbocycles. The third-order valence-corrected chi connectivity index (χ3v) is 4.52. The Morgan fingerprint density at radius 3 is 2.67 bits per heavy atom. The van der Waals surface area contributed by atoms with Gasteiger partial charge in [0.15, 0.2) is 0 Å². The van der Waals surface area contributed by atoms with E-state index in [0.29, 0.717) is 11.0 Å². The van der Waals surface area contributed by atoms with Gasteiger partial charge in [-0.25, -0.2) is 4.39 Å². The topological polar surface area (TPSA) is 84.0 Å². The number of anilines is 1. The zero-order valence-electron chi connectivity index (χ0n) is 13.5. The number of benzene rings is 1. The molecule has 6 nitrogen and oxygen atoms in total. The van der Waals surface area contributed by atoms with E-state index in [1.807, 2.05) is 0 Å². The third kappa shape index (κ3) is 4.82. The van der Waals surface area contributed by atoms with E-state index in [0.717, 1.165) is 23.9 Å². The van der Waals surface area contributed by atoms with Crippen molar-refractivity contribution in [2.24, 2.45) is 0 Å². The van der Waals surface area contributed by atoms with Crippen LogP contribution in [0.25, 0.3) is 0 Å². The first-order valence-corrected chi connectivity index (χ1v) is 8.52. The molecule has 0 saturated carbocycles. The zero-order valence-corrected chi connectivity index (χ0v) is 14.3. The van der Waals surface area contributed by atoms with Crippen LogP contribution in [0.3, 0.4) is 0 Å². The molecular formula is C16H19FN4O2S. The fourth-order valence-electron chi connectivity index (χ4n) is 2.14. The molecule has 1 heterocycles. The molecule has 128 valence electrons. The van der Waals surface area contributed by atoms with Crippen molar-refractivity contribution in [1.29, 1.82) is 0 Å². The molecule has 2 N–H and O–H groups in total. The van der Waals surface area contributed by atoms with E-state index in [9.17, 15) is 14.0 Å².